The van der Waals surface area contributed by atoms with E-state index in [9.17, 15) is 0 Å². The van der Waals surface area contributed by atoms with Crippen LogP contribution in [-0.4, -0.2) is 6.61 Å². The molecule has 2 nitrogen and oxygen atoms in total. The third-order valence-electron chi connectivity index (χ3n) is 2.54. The third kappa shape index (κ3) is 3.78. The molecule has 0 unspecified atom stereocenters. The molecule has 1 rings (SSSR count). The molecule has 0 aromatic heterocycles. The van der Waals surface area contributed by atoms with Gasteiger partial charge in [-0.1, -0.05) is 40.7 Å². The lowest BCUT2D eigenvalue weighted by Gasteiger charge is -2.20. The van der Waals surface area contributed by atoms with Crippen LogP contribution in [-0.2, 0) is 5.41 Å². The van der Waals surface area contributed by atoms with E-state index in [0.29, 0.717) is 23.8 Å². The number of ether oxygens (including phenoxy) is 1. The smallest absolute Gasteiger partial charge is 0.137 e. The molecule has 2 heteroatoms. The summed E-state index contributed by atoms with van der Waals surface area (Å²) in [5.41, 5.74) is 1.87. The molecular formula is C15H21NO. The van der Waals surface area contributed by atoms with Crippen LogP contribution in [0.4, 0.5) is 0 Å². The number of nitriles is 1. The van der Waals surface area contributed by atoms with Gasteiger partial charge in [-0.2, -0.15) is 5.26 Å². The molecule has 0 aliphatic rings. The van der Waals surface area contributed by atoms with Crippen molar-refractivity contribution in [2.75, 3.05) is 6.61 Å². The zero-order valence-corrected chi connectivity index (χ0v) is 11.4. The number of nitrogens with zero attached hydrogens (tertiary/aromatic N) is 1. The normalized spacial score (nSPS) is 11.4. The molecule has 0 N–H and O–H groups in total. The van der Waals surface area contributed by atoms with Crippen molar-refractivity contribution in [1.29, 1.82) is 5.26 Å². The highest BCUT2D eigenvalue weighted by Crippen LogP contribution is 2.28. The summed E-state index contributed by atoms with van der Waals surface area (Å²) in [7, 11) is 0. The lowest BCUT2D eigenvalue weighted by atomic mass is 9.86. The Morgan fingerprint density at radius 1 is 1.29 bits per heavy atom. The van der Waals surface area contributed by atoms with Crippen molar-refractivity contribution in [1.82, 2.24) is 0 Å². The van der Waals surface area contributed by atoms with Crippen LogP contribution in [0.5, 0.6) is 5.75 Å². The van der Waals surface area contributed by atoms with Gasteiger partial charge < -0.3 is 4.74 Å². The van der Waals surface area contributed by atoms with E-state index in [4.69, 9.17) is 10.00 Å². The molecule has 0 atom stereocenters. The monoisotopic (exact) mass is 231 g/mol. The number of hydrogen-bond donors (Lipinski definition) is 0. The maximum absolute atomic E-state index is 9.05. The van der Waals surface area contributed by atoms with Crippen molar-refractivity contribution in [3.05, 3.63) is 29.3 Å². The molecule has 1 aromatic carbocycles. The zero-order chi connectivity index (χ0) is 13.1. The largest absolute Gasteiger partial charge is 0.492 e. The molecule has 0 radical (unpaired) electrons. The summed E-state index contributed by atoms with van der Waals surface area (Å²) in [4.78, 5) is 0. The second kappa shape index (κ2) is 5.23. The topological polar surface area (TPSA) is 33.0 Å². The summed E-state index contributed by atoms with van der Waals surface area (Å²) in [6.45, 7) is 11.3. The zero-order valence-electron chi connectivity index (χ0n) is 11.4. The van der Waals surface area contributed by atoms with E-state index in [2.05, 4.69) is 40.7 Å². The van der Waals surface area contributed by atoms with Crippen molar-refractivity contribution in [3.63, 3.8) is 0 Å². The Morgan fingerprint density at radius 3 is 2.41 bits per heavy atom. The van der Waals surface area contributed by atoms with Crippen molar-refractivity contribution in [2.24, 2.45) is 5.92 Å². The van der Waals surface area contributed by atoms with Crippen molar-refractivity contribution < 1.29 is 4.74 Å². The highest BCUT2D eigenvalue weighted by Gasteiger charge is 2.16. The van der Waals surface area contributed by atoms with E-state index < -0.39 is 0 Å². The van der Waals surface area contributed by atoms with Gasteiger partial charge in [-0.25, -0.2) is 0 Å². The van der Waals surface area contributed by atoms with Crippen LogP contribution in [0.2, 0.25) is 0 Å². The van der Waals surface area contributed by atoms with Gasteiger partial charge in [0, 0.05) is 0 Å². The summed E-state index contributed by atoms with van der Waals surface area (Å²) < 4.78 is 5.70. The number of hydrogen-bond acceptors (Lipinski definition) is 2. The first kappa shape index (κ1) is 13.6. The average Bonchev–Trinajstić information content (AvgIpc) is 2.24. The molecule has 0 saturated heterocycles. The van der Waals surface area contributed by atoms with Crippen molar-refractivity contribution in [3.8, 4) is 11.8 Å². The van der Waals surface area contributed by atoms with E-state index in [1.54, 1.807) is 0 Å². The first-order chi connectivity index (χ1) is 7.84. The fourth-order valence-electron chi connectivity index (χ4n) is 1.46. The van der Waals surface area contributed by atoms with E-state index >= 15 is 0 Å². The van der Waals surface area contributed by atoms with Crippen LogP contribution in [0, 0.1) is 17.2 Å². The second-order valence-corrected chi connectivity index (χ2v) is 5.78. The van der Waals surface area contributed by atoms with Gasteiger partial charge in [0.15, 0.2) is 0 Å². The van der Waals surface area contributed by atoms with Crippen LogP contribution in [0.15, 0.2) is 18.2 Å². The van der Waals surface area contributed by atoms with Crippen molar-refractivity contribution >= 4 is 0 Å². The lowest BCUT2D eigenvalue weighted by molar-refractivity contribution is 0.270. The van der Waals surface area contributed by atoms with Gasteiger partial charge in [0.2, 0.25) is 0 Å². The SMILES string of the molecule is CC(C)COc1cc(C(C)(C)C)ccc1C#N. The van der Waals surface area contributed by atoms with Crippen LogP contribution in [0.3, 0.4) is 0 Å². The van der Waals surface area contributed by atoms with Gasteiger partial charge in [0.1, 0.15) is 11.8 Å². The summed E-state index contributed by atoms with van der Waals surface area (Å²) in [5.74, 6) is 1.16. The predicted molar refractivity (Wildman–Crippen MR) is 70.2 cm³/mol. The van der Waals surface area contributed by atoms with E-state index in [-0.39, 0.29) is 5.41 Å². The maximum Gasteiger partial charge on any atom is 0.137 e. The number of benzene rings is 1. The minimum atomic E-state index is 0.0733. The van der Waals surface area contributed by atoms with Gasteiger partial charge in [0.05, 0.1) is 12.2 Å². The standard InChI is InChI=1S/C15H21NO/c1-11(2)10-17-14-8-13(15(3,4)5)7-6-12(14)9-16/h6-8,11H,10H2,1-5H3. The number of rotatable bonds is 3. The van der Waals surface area contributed by atoms with Gasteiger partial charge in [0.25, 0.3) is 0 Å². The van der Waals surface area contributed by atoms with Crippen molar-refractivity contribution in [2.45, 2.75) is 40.0 Å². The second-order valence-electron chi connectivity index (χ2n) is 5.78. The highest BCUT2D eigenvalue weighted by atomic mass is 16.5. The molecule has 0 saturated carbocycles. The van der Waals surface area contributed by atoms with E-state index in [1.165, 1.54) is 5.56 Å². The summed E-state index contributed by atoms with van der Waals surface area (Å²) in [6, 6.07) is 8.00. The molecular weight excluding hydrogens is 210 g/mol. The minimum absolute atomic E-state index is 0.0733. The Bertz CT molecular complexity index is 422. The Labute approximate surface area is 104 Å². The fourth-order valence-corrected chi connectivity index (χ4v) is 1.46. The molecule has 1 aromatic rings. The molecule has 0 bridgehead atoms. The van der Waals surface area contributed by atoms with Gasteiger partial charge >= 0.3 is 0 Å². The van der Waals surface area contributed by atoms with Crippen LogP contribution in [0.1, 0.15) is 45.7 Å². The van der Waals surface area contributed by atoms with E-state index in [0.717, 1.165) is 0 Å². The van der Waals surface area contributed by atoms with Gasteiger partial charge in [-0.05, 0) is 29.0 Å². The Balaban J connectivity index is 3.04. The van der Waals surface area contributed by atoms with Crippen LogP contribution < -0.4 is 4.74 Å². The molecule has 92 valence electrons. The highest BCUT2D eigenvalue weighted by molar-refractivity contribution is 5.46. The fraction of sp³-hybridized carbons (Fsp3) is 0.533. The lowest BCUT2D eigenvalue weighted by Crippen LogP contribution is -2.12. The molecule has 0 aliphatic heterocycles. The molecule has 0 heterocycles. The predicted octanol–water partition coefficient (Wildman–Crippen LogP) is 3.89. The van der Waals surface area contributed by atoms with E-state index in [1.807, 2.05) is 18.2 Å². The molecule has 0 spiro atoms. The van der Waals surface area contributed by atoms with Gasteiger partial charge in [-0.3, -0.25) is 0 Å². The molecule has 17 heavy (non-hydrogen) atoms. The summed E-state index contributed by atoms with van der Waals surface area (Å²) in [5, 5.41) is 9.05. The Hall–Kier alpha value is -1.49. The molecule has 0 fully saturated rings. The first-order valence-corrected chi connectivity index (χ1v) is 6.02. The minimum Gasteiger partial charge on any atom is -0.492 e. The Kier molecular flexibility index (Phi) is 4.17. The molecule has 0 aliphatic carbocycles. The maximum atomic E-state index is 9.05. The summed E-state index contributed by atoms with van der Waals surface area (Å²) >= 11 is 0. The Morgan fingerprint density at radius 2 is 1.94 bits per heavy atom. The van der Waals surface area contributed by atoms with Crippen LogP contribution >= 0.6 is 0 Å². The van der Waals surface area contributed by atoms with Crippen LogP contribution in [0.25, 0.3) is 0 Å². The summed E-state index contributed by atoms with van der Waals surface area (Å²) in [6.07, 6.45) is 0. The van der Waals surface area contributed by atoms with Gasteiger partial charge in [-0.15, -0.1) is 0 Å². The average molecular weight is 231 g/mol. The first-order valence-electron chi connectivity index (χ1n) is 6.02. The molecule has 0 amide bonds. The quantitative estimate of drug-likeness (QED) is 0.790. The third-order valence-corrected chi connectivity index (χ3v) is 2.54.